The first kappa shape index (κ1) is 17.4. The van der Waals surface area contributed by atoms with Crippen LogP contribution >= 0.6 is 0 Å². The summed E-state index contributed by atoms with van der Waals surface area (Å²) in [6.45, 7) is 1.68. The number of alkyl halides is 2. The SMILES string of the molecule is O=C1OCCN1CC1CCN(C(=O)C(F)(F)C2(O)CCCCC2)C1. The van der Waals surface area contributed by atoms with Crippen molar-refractivity contribution < 1.29 is 28.2 Å². The van der Waals surface area contributed by atoms with Crippen molar-refractivity contribution in [2.75, 3.05) is 32.8 Å². The maximum Gasteiger partial charge on any atom is 0.409 e. The van der Waals surface area contributed by atoms with Gasteiger partial charge in [-0.25, -0.2) is 4.79 Å². The number of rotatable bonds is 4. The lowest BCUT2D eigenvalue weighted by Crippen LogP contribution is -2.58. The molecule has 3 fully saturated rings. The fourth-order valence-corrected chi connectivity index (χ4v) is 3.92. The van der Waals surface area contributed by atoms with Gasteiger partial charge >= 0.3 is 12.0 Å². The minimum absolute atomic E-state index is 0.0311. The van der Waals surface area contributed by atoms with Crippen LogP contribution in [0.3, 0.4) is 0 Å². The third-order valence-corrected chi connectivity index (χ3v) is 5.43. The van der Waals surface area contributed by atoms with Crippen LogP contribution in [0.5, 0.6) is 0 Å². The molecule has 2 amide bonds. The molecule has 3 rings (SSSR count). The van der Waals surface area contributed by atoms with E-state index in [0.717, 1.165) is 11.3 Å². The van der Waals surface area contributed by atoms with Gasteiger partial charge in [-0.05, 0) is 25.2 Å². The fraction of sp³-hybridized carbons (Fsp3) is 0.875. The topological polar surface area (TPSA) is 70.1 Å². The fourth-order valence-electron chi connectivity index (χ4n) is 3.92. The average molecular weight is 346 g/mol. The van der Waals surface area contributed by atoms with Crippen LogP contribution in [-0.2, 0) is 9.53 Å². The predicted molar refractivity (Wildman–Crippen MR) is 80.6 cm³/mol. The summed E-state index contributed by atoms with van der Waals surface area (Å²) in [7, 11) is 0. The quantitative estimate of drug-likeness (QED) is 0.840. The monoisotopic (exact) mass is 346 g/mol. The van der Waals surface area contributed by atoms with Crippen LogP contribution in [0.15, 0.2) is 0 Å². The highest BCUT2D eigenvalue weighted by Gasteiger charge is 2.59. The highest BCUT2D eigenvalue weighted by Crippen LogP contribution is 2.42. The Morgan fingerprint density at radius 2 is 2.00 bits per heavy atom. The van der Waals surface area contributed by atoms with Crippen molar-refractivity contribution in [2.24, 2.45) is 5.92 Å². The number of halogens is 2. The van der Waals surface area contributed by atoms with E-state index in [9.17, 15) is 23.5 Å². The first-order valence-corrected chi connectivity index (χ1v) is 8.65. The molecule has 2 saturated heterocycles. The molecule has 0 aromatic rings. The molecule has 0 aromatic carbocycles. The van der Waals surface area contributed by atoms with Crippen molar-refractivity contribution in [3.8, 4) is 0 Å². The molecule has 1 atom stereocenters. The summed E-state index contributed by atoms with van der Waals surface area (Å²) in [6.07, 6.45) is 1.94. The number of carbonyl (C=O) groups is 2. The number of hydrogen-bond donors (Lipinski definition) is 1. The highest BCUT2D eigenvalue weighted by molar-refractivity contribution is 5.85. The van der Waals surface area contributed by atoms with Gasteiger partial charge in [0.2, 0.25) is 0 Å². The lowest BCUT2D eigenvalue weighted by Gasteiger charge is -2.39. The Balaban J connectivity index is 1.60. The second-order valence-corrected chi connectivity index (χ2v) is 7.13. The number of carbonyl (C=O) groups excluding carboxylic acids is 2. The van der Waals surface area contributed by atoms with Gasteiger partial charge in [0, 0.05) is 19.6 Å². The molecular formula is C16H24F2N2O4. The van der Waals surface area contributed by atoms with Crippen LogP contribution in [0.4, 0.5) is 13.6 Å². The number of nitrogens with zero attached hydrogens (tertiary/aromatic N) is 2. The summed E-state index contributed by atoms with van der Waals surface area (Å²) in [5, 5.41) is 10.3. The Bertz CT molecular complexity index is 508. The van der Waals surface area contributed by atoms with Crippen molar-refractivity contribution in [1.82, 2.24) is 9.80 Å². The van der Waals surface area contributed by atoms with E-state index in [-0.39, 0.29) is 37.9 Å². The predicted octanol–water partition coefficient (Wildman–Crippen LogP) is 1.62. The van der Waals surface area contributed by atoms with E-state index in [1.54, 1.807) is 4.90 Å². The van der Waals surface area contributed by atoms with Crippen LogP contribution in [-0.4, -0.2) is 71.2 Å². The van der Waals surface area contributed by atoms with E-state index in [4.69, 9.17) is 4.74 Å². The van der Waals surface area contributed by atoms with Crippen LogP contribution in [0, 0.1) is 5.92 Å². The molecule has 2 aliphatic heterocycles. The molecule has 1 aliphatic carbocycles. The standard InChI is InChI=1S/C16H24F2N2O4/c17-16(18,15(23)5-2-1-3-6-15)13(21)19-7-4-12(10-19)11-20-8-9-24-14(20)22/h12,23H,1-11H2. The number of amides is 2. The first-order valence-electron chi connectivity index (χ1n) is 8.65. The third-order valence-electron chi connectivity index (χ3n) is 5.43. The molecule has 1 unspecified atom stereocenters. The van der Waals surface area contributed by atoms with Gasteiger partial charge < -0.3 is 19.6 Å². The molecule has 6 nitrogen and oxygen atoms in total. The Morgan fingerprint density at radius 3 is 2.62 bits per heavy atom. The van der Waals surface area contributed by atoms with Gasteiger partial charge in [0.1, 0.15) is 12.2 Å². The number of aliphatic hydroxyl groups is 1. The van der Waals surface area contributed by atoms with Crippen molar-refractivity contribution in [1.29, 1.82) is 0 Å². The first-order chi connectivity index (χ1) is 11.3. The number of cyclic esters (lactones) is 1. The molecule has 0 bridgehead atoms. The molecule has 2 heterocycles. The highest BCUT2D eigenvalue weighted by atomic mass is 19.3. The van der Waals surface area contributed by atoms with Gasteiger partial charge in [0.05, 0.1) is 6.54 Å². The van der Waals surface area contributed by atoms with Crippen LogP contribution in [0.2, 0.25) is 0 Å². The summed E-state index contributed by atoms with van der Waals surface area (Å²) < 4.78 is 34.1. The minimum atomic E-state index is -3.76. The Labute approximate surface area is 139 Å². The lowest BCUT2D eigenvalue weighted by molar-refractivity contribution is -0.209. The Morgan fingerprint density at radius 1 is 1.29 bits per heavy atom. The molecule has 8 heteroatoms. The van der Waals surface area contributed by atoms with E-state index in [1.807, 2.05) is 0 Å². The van der Waals surface area contributed by atoms with Gasteiger partial charge in [0.25, 0.3) is 5.91 Å². The van der Waals surface area contributed by atoms with Gasteiger partial charge in [0.15, 0.2) is 0 Å². The second-order valence-electron chi connectivity index (χ2n) is 7.13. The molecule has 3 aliphatic rings. The third kappa shape index (κ3) is 3.08. The minimum Gasteiger partial charge on any atom is -0.448 e. The van der Waals surface area contributed by atoms with E-state index in [2.05, 4.69) is 0 Å². The normalized spacial score (nSPS) is 27.5. The maximum atomic E-state index is 14.6. The molecule has 136 valence electrons. The van der Waals surface area contributed by atoms with Crippen LogP contribution < -0.4 is 0 Å². The molecular weight excluding hydrogens is 322 g/mol. The number of ether oxygens (including phenoxy) is 1. The summed E-state index contributed by atoms with van der Waals surface area (Å²) in [5.74, 6) is -5.07. The summed E-state index contributed by atoms with van der Waals surface area (Å²) >= 11 is 0. The van der Waals surface area contributed by atoms with E-state index in [0.29, 0.717) is 39.0 Å². The van der Waals surface area contributed by atoms with Gasteiger partial charge in [-0.2, -0.15) is 8.78 Å². The van der Waals surface area contributed by atoms with Gasteiger partial charge in [-0.3, -0.25) is 4.79 Å². The van der Waals surface area contributed by atoms with Crippen molar-refractivity contribution >= 4 is 12.0 Å². The van der Waals surface area contributed by atoms with Crippen molar-refractivity contribution in [3.05, 3.63) is 0 Å². The zero-order valence-electron chi connectivity index (χ0n) is 13.7. The van der Waals surface area contributed by atoms with E-state index >= 15 is 0 Å². The zero-order chi connectivity index (χ0) is 17.4. The molecule has 0 aromatic heterocycles. The van der Waals surface area contributed by atoms with Crippen molar-refractivity contribution in [3.63, 3.8) is 0 Å². The van der Waals surface area contributed by atoms with E-state index in [1.165, 1.54) is 0 Å². The largest absolute Gasteiger partial charge is 0.448 e. The van der Waals surface area contributed by atoms with Crippen molar-refractivity contribution in [2.45, 2.75) is 50.0 Å². The number of likely N-dealkylation sites (tertiary alicyclic amines) is 1. The summed E-state index contributed by atoms with van der Waals surface area (Å²) in [4.78, 5) is 26.5. The molecule has 24 heavy (non-hydrogen) atoms. The van der Waals surface area contributed by atoms with Crippen LogP contribution in [0.25, 0.3) is 0 Å². The maximum absolute atomic E-state index is 14.6. The summed E-state index contributed by atoms with van der Waals surface area (Å²) in [6, 6.07) is 0. The Kier molecular flexibility index (Phi) is 4.68. The average Bonchev–Trinajstić information content (AvgIpc) is 3.17. The molecule has 0 radical (unpaired) electrons. The lowest BCUT2D eigenvalue weighted by atomic mass is 9.79. The second kappa shape index (κ2) is 6.46. The Hall–Kier alpha value is -1.44. The van der Waals surface area contributed by atoms with Gasteiger partial charge in [-0.15, -0.1) is 0 Å². The molecule has 1 saturated carbocycles. The van der Waals surface area contributed by atoms with Crippen LogP contribution in [0.1, 0.15) is 38.5 Å². The van der Waals surface area contributed by atoms with E-state index < -0.39 is 17.4 Å². The number of hydrogen-bond acceptors (Lipinski definition) is 4. The molecule has 1 N–H and O–H groups in total. The summed E-state index contributed by atoms with van der Waals surface area (Å²) in [5.41, 5.74) is -2.22. The smallest absolute Gasteiger partial charge is 0.409 e. The van der Waals surface area contributed by atoms with Gasteiger partial charge in [-0.1, -0.05) is 19.3 Å². The zero-order valence-corrected chi connectivity index (χ0v) is 13.7. The molecule has 0 spiro atoms.